The molecule has 1 atom stereocenters. The maximum absolute atomic E-state index is 11.8. The highest BCUT2D eigenvalue weighted by Crippen LogP contribution is 2.09. The molecule has 1 heterocycles. The number of hydrogen-bond acceptors (Lipinski definition) is 2. The molecule has 0 bridgehead atoms. The highest BCUT2D eigenvalue weighted by atomic mass is 16.2. The number of hydrogen-bond donors (Lipinski definition) is 1. The van der Waals surface area contributed by atoms with Crippen LogP contribution < -0.4 is 5.32 Å². The molecule has 1 fully saturated rings. The van der Waals surface area contributed by atoms with E-state index in [1.807, 2.05) is 4.90 Å². The van der Waals surface area contributed by atoms with Crippen molar-refractivity contribution < 1.29 is 4.79 Å². The van der Waals surface area contributed by atoms with Gasteiger partial charge in [0, 0.05) is 19.1 Å². The van der Waals surface area contributed by atoms with E-state index >= 15 is 0 Å². The van der Waals surface area contributed by atoms with Crippen molar-refractivity contribution in [2.24, 2.45) is 5.92 Å². The van der Waals surface area contributed by atoms with Crippen LogP contribution in [0.2, 0.25) is 0 Å². The summed E-state index contributed by atoms with van der Waals surface area (Å²) in [6.07, 6.45) is 6.06. The summed E-state index contributed by atoms with van der Waals surface area (Å²) in [6, 6.07) is 0.459. The van der Waals surface area contributed by atoms with Gasteiger partial charge in [0.2, 0.25) is 5.91 Å². The Morgan fingerprint density at radius 2 is 1.82 bits per heavy atom. The molecule has 0 aromatic carbocycles. The first-order valence-electron chi connectivity index (χ1n) is 7.10. The van der Waals surface area contributed by atoms with E-state index in [2.05, 4.69) is 26.1 Å². The molecule has 3 heteroatoms. The van der Waals surface area contributed by atoms with Crippen LogP contribution >= 0.6 is 0 Å². The van der Waals surface area contributed by atoms with Crippen LogP contribution in [0.5, 0.6) is 0 Å². The zero-order valence-electron chi connectivity index (χ0n) is 11.7. The first kappa shape index (κ1) is 14.5. The second-order valence-corrected chi connectivity index (χ2v) is 5.69. The van der Waals surface area contributed by atoms with Crippen molar-refractivity contribution in [1.82, 2.24) is 10.2 Å². The van der Waals surface area contributed by atoms with Crippen LogP contribution in [0.1, 0.15) is 52.9 Å². The van der Waals surface area contributed by atoms with Gasteiger partial charge in [0.25, 0.3) is 0 Å². The second-order valence-electron chi connectivity index (χ2n) is 5.69. The molecule has 1 aliphatic rings. The standard InChI is InChI=1S/C14H28N2O/c1-12(2)7-6-8-13(3)15-11-14(17)16-9-4-5-10-16/h12-13,15H,4-11H2,1-3H3. The highest BCUT2D eigenvalue weighted by molar-refractivity contribution is 5.78. The maximum atomic E-state index is 11.8. The summed E-state index contributed by atoms with van der Waals surface area (Å²) in [6.45, 7) is 9.13. The van der Waals surface area contributed by atoms with Gasteiger partial charge in [-0.25, -0.2) is 0 Å². The van der Waals surface area contributed by atoms with Crippen LogP contribution in [0.25, 0.3) is 0 Å². The molecular weight excluding hydrogens is 212 g/mol. The van der Waals surface area contributed by atoms with E-state index in [0.29, 0.717) is 12.6 Å². The van der Waals surface area contributed by atoms with Gasteiger partial charge in [-0.2, -0.15) is 0 Å². The molecule has 17 heavy (non-hydrogen) atoms. The Morgan fingerprint density at radius 3 is 2.41 bits per heavy atom. The van der Waals surface area contributed by atoms with Gasteiger partial charge in [0.15, 0.2) is 0 Å². The summed E-state index contributed by atoms with van der Waals surface area (Å²) in [7, 11) is 0. The van der Waals surface area contributed by atoms with E-state index in [0.717, 1.165) is 19.0 Å². The SMILES string of the molecule is CC(C)CCCC(C)NCC(=O)N1CCCC1. The molecule has 0 saturated carbocycles. The quantitative estimate of drug-likeness (QED) is 0.741. The van der Waals surface area contributed by atoms with Crippen molar-refractivity contribution >= 4 is 5.91 Å². The van der Waals surface area contributed by atoms with Gasteiger partial charge in [0.1, 0.15) is 0 Å². The van der Waals surface area contributed by atoms with Crippen molar-refractivity contribution in [3.63, 3.8) is 0 Å². The third kappa shape index (κ3) is 6.06. The monoisotopic (exact) mass is 240 g/mol. The highest BCUT2D eigenvalue weighted by Gasteiger charge is 2.17. The second kappa shape index (κ2) is 7.70. The van der Waals surface area contributed by atoms with E-state index in [1.54, 1.807) is 0 Å². The number of nitrogens with one attached hydrogen (secondary N) is 1. The number of nitrogens with zero attached hydrogens (tertiary/aromatic N) is 1. The molecule has 0 aromatic rings. The molecule has 3 nitrogen and oxygen atoms in total. The van der Waals surface area contributed by atoms with E-state index < -0.39 is 0 Å². The summed E-state index contributed by atoms with van der Waals surface area (Å²) in [5, 5.41) is 3.34. The van der Waals surface area contributed by atoms with E-state index in [1.165, 1.54) is 32.1 Å². The average molecular weight is 240 g/mol. The van der Waals surface area contributed by atoms with E-state index in [-0.39, 0.29) is 5.91 Å². The first-order valence-corrected chi connectivity index (χ1v) is 7.10. The third-order valence-corrected chi connectivity index (χ3v) is 3.48. The molecule has 1 amide bonds. The minimum absolute atomic E-state index is 0.276. The van der Waals surface area contributed by atoms with Gasteiger partial charge >= 0.3 is 0 Å². The Kier molecular flexibility index (Phi) is 6.56. The van der Waals surface area contributed by atoms with Crippen LogP contribution in [0, 0.1) is 5.92 Å². The first-order chi connectivity index (χ1) is 8.09. The molecule has 0 aliphatic carbocycles. The fourth-order valence-corrected chi connectivity index (χ4v) is 2.27. The van der Waals surface area contributed by atoms with Gasteiger partial charge in [-0.15, -0.1) is 0 Å². The molecule has 1 aliphatic heterocycles. The largest absolute Gasteiger partial charge is 0.342 e. The van der Waals surface area contributed by atoms with Crippen molar-refractivity contribution in [2.75, 3.05) is 19.6 Å². The van der Waals surface area contributed by atoms with Crippen LogP contribution in [-0.2, 0) is 4.79 Å². The molecule has 0 spiro atoms. The van der Waals surface area contributed by atoms with Crippen molar-refractivity contribution in [3.05, 3.63) is 0 Å². The van der Waals surface area contributed by atoms with Gasteiger partial charge in [0.05, 0.1) is 6.54 Å². The number of likely N-dealkylation sites (tertiary alicyclic amines) is 1. The Morgan fingerprint density at radius 1 is 1.18 bits per heavy atom. The Hall–Kier alpha value is -0.570. The number of carbonyl (C=O) groups is 1. The van der Waals surface area contributed by atoms with E-state index in [4.69, 9.17) is 0 Å². The summed E-state index contributed by atoms with van der Waals surface area (Å²) >= 11 is 0. The topological polar surface area (TPSA) is 32.3 Å². The molecule has 1 saturated heterocycles. The Labute approximate surface area is 106 Å². The van der Waals surface area contributed by atoms with Crippen LogP contribution in [0.4, 0.5) is 0 Å². The lowest BCUT2D eigenvalue weighted by molar-refractivity contribution is -0.129. The van der Waals surface area contributed by atoms with Gasteiger partial charge in [-0.3, -0.25) is 4.79 Å². The summed E-state index contributed by atoms with van der Waals surface area (Å²) in [5.41, 5.74) is 0. The lowest BCUT2D eigenvalue weighted by Crippen LogP contribution is -2.39. The van der Waals surface area contributed by atoms with Gasteiger partial charge in [-0.1, -0.05) is 26.7 Å². The number of amides is 1. The average Bonchev–Trinajstić information content (AvgIpc) is 2.78. The molecule has 0 aromatic heterocycles. The van der Waals surface area contributed by atoms with Crippen molar-refractivity contribution in [1.29, 1.82) is 0 Å². The van der Waals surface area contributed by atoms with Crippen LogP contribution in [0.3, 0.4) is 0 Å². The molecule has 0 radical (unpaired) electrons. The predicted octanol–water partition coefficient (Wildman–Crippen LogP) is 2.41. The van der Waals surface area contributed by atoms with Crippen molar-refractivity contribution in [3.8, 4) is 0 Å². The smallest absolute Gasteiger partial charge is 0.236 e. The third-order valence-electron chi connectivity index (χ3n) is 3.48. The lowest BCUT2D eigenvalue weighted by atomic mass is 10.0. The minimum atomic E-state index is 0.276. The summed E-state index contributed by atoms with van der Waals surface area (Å²) in [4.78, 5) is 13.8. The summed E-state index contributed by atoms with van der Waals surface area (Å²) < 4.78 is 0. The lowest BCUT2D eigenvalue weighted by Gasteiger charge is -2.18. The number of carbonyl (C=O) groups excluding carboxylic acids is 1. The Balaban J connectivity index is 2.06. The number of rotatable bonds is 7. The molecule has 100 valence electrons. The minimum Gasteiger partial charge on any atom is -0.342 e. The molecule has 1 unspecified atom stereocenters. The fourth-order valence-electron chi connectivity index (χ4n) is 2.27. The fraction of sp³-hybridized carbons (Fsp3) is 0.929. The van der Waals surface area contributed by atoms with Gasteiger partial charge in [-0.05, 0) is 32.1 Å². The van der Waals surface area contributed by atoms with Crippen LogP contribution in [0.15, 0.2) is 0 Å². The molecular formula is C14H28N2O. The maximum Gasteiger partial charge on any atom is 0.236 e. The van der Waals surface area contributed by atoms with Gasteiger partial charge < -0.3 is 10.2 Å². The zero-order chi connectivity index (χ0) is 12.7. The normalized spacial score (nSPS) is 17.8. The zero-order valence-corrected chi connectivity index (χ0v) is 11.7. The predicted molar refractivity (Wildman–Crippen MR) is 72.0 cm³/mol. The van der Waals surface area contributed by atoms with Crippen LogP contribution in [-0.4, -0.2) is 36.5 Å². The Bertz CT molecular complexity index is 222. The summed E-state index contributed by atoms with van der Waals surface area (Å²) in [5.74, 6) is 1.06. The molecule has 1 rings (SSSR count). The van der Waals surface area contributed by atoms with Crippen molar-refractivity contribution in [2.45, 2.75) is 58.9 Å². The van der Waals surface area contributed by atoms with E-state index in [9.17, 15) is 4.79 Å². The molecule has 1 N–H and O–H groups in total.